The fourth-order valence-corrected chi connectivity index (χ4v) is 4.13. The zero-order valence-electron chi connectivity index (χ0n) is 16.4. The summed E-state index contributed by atoms with van der Waals surface area (Å²) in [5, 5.41) is 0. The third kappa shape index (κ3) is 4.97. The van der Waals surface area contributed by atoms with Crippen LogP contribution in [0.15, 0.2) is 48.5 Å². The van der Waals surface area contributed by atoms with Gasteiger partial charge < -0.3 is 14.5 Å². The molecule has 0 spiro atoms. The summed E-state index contributed by atoms with van der Waals surface area (Å²) in [6, 6.07) is 13.1. The first-order valence-corrected chi connectivity index (χ1v) is 11.0. The van der Waals surface area contributed by atoms with E-state index in [0.717, 1.165) is 10.6 Å². The lowest BCUT2D eigenvalue weighted by Crippen LogP contribution is -2.52. The number of benzene rings is 2. The fraction of sp³-hybridized carbons (Fsp3) is 0.350. The van der Waals surface area contributed by atoms with Crippen molar-refractivity contribution < 1.29 is 22.3 Å². The molecule has 2 aromatic carbocycles. The molecule has 1 aliphatic rings. The van der Waals surface area contributed by atoms with E-state index in [1.165, 1.54) is 13.2 Å². The van der Waals surface area contributed by atoms with E-state index in [-0.39, 0.29) is 18.3 Å². The molecular weight excluding hydrogens is 397 g/mol. The summed E-state index contributed by atoms with van der Waals surface area (Å²) in [5.74, 6) is -0.0953. The molecule has 0 bridgehead atoms. The molecule has 0 atom stereocenters. The van der Waals surface area contributed by atoms with E-state index in [4.69, 9.17) is 4.74 Å². The van der Waals surface area contributed by atoms with Gasteiger partial charge in [-0.3, -0.25) is 9.10 Å². The van der Waals surface area contributed by atoms with Crippen LogP contribution in [0.5, 0.6) is 5.75 Å². The van der Waals surface area contributed by atoms with Crippen molar-refractivity contribution >= 4 is 27.3 Å². The second-order valence-corrected chi connectivity index (χ2v) is 8.70. The fourth-order valence-electron chi connectivity index (χ4n) is 3.29. The molecule has 0 unspecified atom stereocenters. The largest absolute Gasteiger partial charge is 0.497 e. The van der Waals surface area contributed by atoms with Crippen molar-refractivity contribution in [2.45, 2.75) is 0 Å². The summed E-state index contributed by atoms with van der Waals surface area (Å²) >= 11 is 0. The predicted molar refractivity (Wildman–Crippen MR) is 110 cm³/mol. The van der Waals surface area contributed by atoms with Crippen LogP contribution in [0.25, 0.3) is 0 Å². The number of halogens is 1. The summed E-state index contributed by atoms with van der Waals surface area (Å²) in [4.78, 5) is 16.3. The maximum Gasteiger partial charge on any atom is 0.243 e. The van der Waals surface area contributed by atoms with Crippen molar-refractivity contribution in [2.75, 3.05) is 55.3 Å². The first kappa shape index (κ1) is 20.9. The Morgan fingerprint density at radius 1 is 1.10 bits per heavy atom. The normalized spacial score (nSPS) is 14.6. The molecule has 0 aromatic heterocycles. The van der Waals surface area contributed by atoms with Gasteiger partial charge in [0.05, 0.1) is 24.7 Å². The van der Waals surface area contributed by atoms with E-state index in [9.17, 15) is 17.6 Å². The van der Waals surface area contributed by atoms with E-state index in [2.05, 4.69) is 0 Å². The first-order valence-electron chi connectivity index (χ1n) is 9.18. The van der Waals surface area contributed by atoms with Crippen molar-refractivity contribution in [3.63, 3.8) is 0 Å². The predicted octanol–water partition coefficient (Wildman–Crippen LogP) is 1.95. The lowest BCUT2D eigenvalue weighted by Gasteiger charge is -2.37. The number of rotatable bonds is 6. The molecule has 9 heteroatoms. The molecule has 0 radical (unpaired) electrons. The van der Waals surface area contributed by atoms with Crippen LogP contribution in [0.4, 0.5) is 15.8 Å². The first-order chi connectivity index (χ1) is 13.8. The van der Waals surface area contributed by atoms with Crippen LogP contribution in [-0.2, 0) is 14.8 Å². The maximum absolute atomic E-state index is 14.0. The van der Waals surface area contributed by atoms with Crippen LogP contribution in [-0.4, -0.2) is 65.3 Å². The highest BCUT2D eigenvalue weighted by atomic mass is 32.2. The molecule has 156 valence electrons. The lowest BCUT2D eigenvalue weighted by molar-refractivity contribution is -0.129. The topological polar surface area (TPSA) is 70.2 Å². The number of carbonyl (C=O) groups excluding carboxylic acids is 1. The Morgan fingerprint density at radius 2 is 1.79 bits per heavy atom. The smallest absolute Gasteiger partial charge is 0.243 e. The number of sulfonamides is 1. The minimum atomic E-state index is -3.67. The number of ether oxygens (including phenoxy) is 1. The van der Waals surface area contributed by atoms with Gasteiger partial charge in [0, 0.05) is 32.2 Å². The molecule has 2 aromatic rings. The number of piperazine rings is 1. The average Bonchev–Trinajstić information content (AvgIpc) is 2.71. The van der Waals surface area contributed by atoms with Crippen molar-refractivity contribution in [1.29, 1.82) is 0 Å². The molecule has 0 saturated carbocycles. The molecule has 0 N–H and O–H groups in total. The average molecular weight is 421 g/mol. The van der Waals surface area contributed by atoms with Gasteiger partial charge in [0.1, 0.15) is 18.1 Å². The maximum atomic E-state index is 14.0. The van der Waals surface area contributed by atoms with Gasteiger partial charge in [-0.25, -0.2) is 12.8 Å². The number of anilines is 2. The summed E-state index contributed by atoms with van der Waals surface area (Å²) in [6.07, 6.45) is 1.07. The van der Waals surface area contributed by atoms with Gasteiger partial charge in [0.15, 0.2) is 0 Å². The van der Waals surface area contributed by atoms with E-state index >= 15 is 0 Å². The van der Waals surface area contributed by atoms with E-state index in [1.807, 2.05) is 4.90 Å². The monoisotopic (exact) mass is 421 g/mol. The molecule has 1 heterocycles. The minimum Gasteiger partial charge on any atom is -0.497 e. The second kappa shape index (κ2) is 8.69. The van der Waals surface area contributed by atoms with Gasteiger partial charge in [0.2, 0.25) is 15.9 Å². The lowest BCUT2D eigenvalue weighted by atomic mass is 10.2. The van der Waals surface area contributed by atoms with Gasteiger partial charge in [0.25, 0.3) is 0 Å². The van der Waals surface area contributed by atoms with Gasteiger partial charge in [-0.2, -0.15) is 0 Å². The zero-order chi connectivity index (χ0) is 21.0. The molecule has 29 heavy (non-hydrogen) atoms. The Hall–Kier alpha value is -2.81. The van der Waals surface area contributed by atoms with Crippen LogP contribution in [0.2, 0.25) is 0 Å². The summed E-state index contributed by atoms with van der Waals surface area (Å²) in [7, 11) is -2.18. The standard InChI is InChI=1S/C20H24FN3O4S/c1-28-17-7-5-6-16(14-17)24(29(2,26)27)15-20(25)23-12-10-22(11-13-23)19-9-4-3-8-18(19)21/h3-9,14H,10-13,15H2,1-2H3. The second-order valence-electron chi connectivity index (χ2n) is 6.79. The molecule has 1 aliphatic heterocycles. The summed E-state index contributed by atoms with van der Waals surface area (Å²) < 4.78 is 44.8. The quantitative estimate of drug-likeness (QED) is 0.713. The molecule has 0 aliphatic carbocycles. The van der Waals surface area contributed by atoms with Crippen LogP contribution in [0.3, 0.4) is 0 Å². The van der Waals surface area contributed by atoms with Crippen LogP contribution >= 0.6 is 0 Å². The Kier molecular flexibility index (Phi) is 6.26. The van der Waals surface area contributed by atoms with Crippen molar-refractivity contribution in [1.82, 2.24) is 4.90 Å². The van der Waals surface area contributed by atoms with Gasteiger partial charge in [-0.05, 0) is 24.3 Å². The summed E-state index contributed by atoms with van der Waals surface area (Å²) in [5.41, 5.74) is 0.874. The highest BCUT2D eigenvalue weighted by Crippen LogP contribution is 2.24. The number of carbonyl (C=O) groups is 1. The number of hydrogen-bond acceptors (Lipinski definition) is 5. The van der Waals surface area contributed by atoms with E-state index < -0.39 is 10.0 Å². The highest BCUT2D eigenvalue weighted by molar-refractivity contribution is 7.92. The van der Waals surface area contributed by atoms with Crippen LogP contribution < -0.4 is 13.9 Å². The molecular formula is C20H24FN3O4S. The highest BCUT2D eigenvalue weighted by Gasteiger charge is 2.27. The molecule has 3 rings (SSSR count). The third-order valence-corrected chi connectivity index (χ3v) is 5.99. The molecule has 1 fully saturated rings. The molecule has 1 amide bonds. The molecule has 7 nitrogen and oxygen atoms in total. The number of para-hydroxylation sites is 1. The SMILES string of the molecule is COc1cccc(N(CC(=O)N2CCN(c3ccccc3F)CC2)S(C)(=O)=O)c1. The minimum absolute atomic E-state index is 0.298. The Labute approximate surface area is 170 Å². The number of hydrogen-bond donors (Lipinski definition) is 0. The zero-order valence-corrected chi connectivity index (χ0v) is 17.2. The van der Waals surface area contributed by atoms with E-state index in [1.54, 1.807) is 47.4 Å². The Balaban J connectivity index is 1.69. The third-order valence-electron chi connectivity index (χ3n) is 4.85. The van der Waals surface area contributed by atoms with E-state index in [0.29, 0.717) is 43.3 Å². The van der Waals surface area contributed by atoms with Gasteiger partial charge in [-0.1, -0.05) is 18.2 Å². The van der Waals surface area contributed by atoms with Crippen LogP contribution in [0.1, 0.15) is 0 Å². The van der Waals surface area contributed by atoms with Crippen molar-refractivity contribution in [3.8, 4) is 5.75 Å². The number of amides is 1. The summed E-state index contributed by atoms with van der Waals surface area (Å²) in [6.45, 7) is 1.44. The Morgan fingerprint density at radius 3 is 2.41 bits per heavy atom. The van der Waals surface area contributed by atoms with Crippen molar-refractivity contribution in [3.05, 3.63) is 54.3 Å². The van der Waals surface area contributed by atoms with Crippen molar-refractivity contribution in [2.24, 2.45) is 0 Å². The van der Waals surface area contributed by atoms with Gasteiger partial charge >= 0.3 is 0 Å². The number of methoxy groups -OCH3 is 1. The molecule has 1 saturated heterocycles. The van der Waals surface area contributed by atoms with Gasteiger partial charge in [-0.15, -0.1) is 0 Å². The number of nitrogens with zero attached hydrogens (tertiary/aromatic N) is 3. The van der Waals surface area contributed by atoms with Crippen LogP contribution in [0, 0.1) is 5.82 Å². The Bertz CT molecular complexity index is 975.